The summed E-state index contributed by atoms with van der Waals surface area (Å²) in [5.74, 6) is 0.442. The monoisotopic (exact) mass is 235 g/mol. The first-order valence-corrected chi connectivity index (χ1v) is 6.60. The van der Waals surface area contributed by atoms with Gasteiger partial charge in [0.25, 0.3) is 0 Å². The summed E-state index contributed by atoms with van der Waals surface area (Å²) >= 11 is 0. The fourth-order valence-corrected chi connectivity index (χ4v) is 2.87. The van der Waals surface area contributed by atoms with Crippen LogP contribution in [0.15, 0.2) is 48.5 Å². The predicted octanol–water partition coefficient (Wildman–Crippen LogP) is 5.05. The molecule has 0 bridgehead atoms. The normalized spacial score (nSPS) is 14.4. The standard InChI is InChI=1S/C18H19/c1-18(2,3)12-17-15-10-6-4-8-13(15)14-9-5-7-11-16(14)17/h4-12,17H,1-3H3. The van der Waals surface area contributed by atoms with Gasteiger partial charge >= 0.3 is 0 Å². The maximum atomic E-state index is 2.47. The van der Waals surface area contributed by atoms with E-state index in [0.29, 0.717) is 5.92 Å². The second-order valence-corrected chi connectivity index (χ2v) is 6.18. The molecule has 0 heteroatoms. The van der Waals surface area contributed by atoms with Crippen molar-refractivity contribution in [3.8, 4) is 11.1 Å². The van der Waals surface area contributed by atoms with Gasteiger partial charge in [-0.3, -0.25) is 0 Å². The summed E-state index contributed by atoms with van der Waals surface area (Å²) in [6, 6.07) is 17.6. The van der Waals surface area contributed by atoms with Gasteiger partial charge in [-0.2, -0.15) is 0 Å². The molecular weight excluding hydrogens is 216 g/mol. The number of hydrogen-bond acceptors (Lipinski definition) is 0. The first-order valence-electron chi connectivity index (χ1n) is 6.60. The van der Waals surface area contributed by atoms with Crippen LogP contribution in [0.2, 0.25) is 0 Å². The summed E-state index contributed by atoms with van der Waals surface area (Å²) in [7, 11) is 0. The molecule has 1 aliphatic carbocycles. The zero-order valence-corrected chi connectivity index (χ0v) is 11.3. The molecule has 18 heavy (non-hydrogen) atoms. The Labute approximate surface area is 110 Å². The molecule has 0 saturated heterocycles. The molecule has 0 unspecified atom stereocenters. The van der Waals surface area contributed by atoms with E-state index in [-0.39, 0.29) is 5.41 Å². The number of hydrogen-bond donors (Lipinski definition) is 0. The van der Waals surface area contributed by atoms with Crippen LogP contribution in [0.25, 0.3) is 11.1 Å². The summed E-state index contributed by atoms with van der Waals surface area (Å²) in [5, 5.41) is 0. The Balaban J connectivity index is 2.15. The average Bonchev–Trinajstić information content (AvgIpc) is 2.64. The van der Waals surface area contributed by atoms with Gasteiger partial charge in [0, 0.05) is 5.92 Å². The van der Waals surface area contributed by atoms with Crippen molar-refractivity contribution in [2.45, 2.75) is 26.7 Å². The lowest BCUT2D eigenvalue weighted by molar-refractivity contribution is 0.469. The summed E-state index contributed by atoms with van der Waals surface area (Å²) in [6.45, 7) is 6.82. The SMILES string of the molecule is CC(C)(C)[CH]C1c2ccccc2-c2ccccc21. The number of fused-ring (bicyclic) bond motifs is 3. The molecule has 0 saturated carbocycles. The molecule has 3 rings (SSSR count). The van der Waals surface area contributed by atoms with E-state index in [1.807, 2.05) is 0 Å². The fraction of sp³-hybridized carbons (Fsp3) is 0.278. The molecule has 0 N–H and O–H groups in total. The summed E-state index contributed by atoms with van der Waals surface area (Å²) < 4.78 is 0. The Hall–Kier alpha value is -1.56. The third-order valence-electron chi connectivity index (χ3n) is 3.55. The minimum atomic E-state index is 0.231. The zero-order chi connectivity index (χ0) is 12.8. The van der Waals surface area contributed by atoms with Crippen molar-refractivity contribution in [2.75, 3.05) is 0 Å². The van der Waals surface area contributed by atoms with Crippen LogP contribution in [-0.4, -0.2) is 0 Å². The van der Waals surface area contributed by atoms with Gasteiger partial charge in [-0.25, -0.2) is 0 Å². The quantitative estimate of drug-likeness (QED) is 0.649. The summed E-state index contributed by atoms with van der Waals surface area (Å²) in [4.78, 5) is 0. The molecule has 2 aromatic rings. The molecule has 2 aromatic carbocycles. The first-order chi connectivity index (χ1) is 8.56. The lowest BCUT2D eigenvalue weighted by Gasteiger charge is -2.24. The lowest BCUT2D eigenvalue weighted by atomic mass is 9.80. The van der Waals surface area contributed by atoms with Gasteiger partial charge in [-0.1, -0.05) is 69.3 Å². The Bertz CT molecular complexity index is 527. The van der Waals surface area contributed by atoms with Crippen molar-refractivity contribution in [3.63, 3.8) is 0 Å². The average molecular weight is 235 g/mol. The largest absolute Gasteiger partial charge is 0.0619 e. The number of benzene rings is 2. The second-order valence-electron chi connectivity index (χ2n) is 6.18. The third kappa shape index (κ3) is 1.86. The van der Waals surface area contributed by atoms with E-state index in [1.54, 1.807) is 0 Å². The van der Waals surface area contributed by atoms with Gasteiger partial charge in [0.2, 0.25) is 0 Å². The van der Waals surface area contributed by atoms with Crippen LogP contribution in [0, 0.1) is 11.8 Å². The van der Waals surface area contributed by atoms with Gasteiger partial charge in [0.1, 0.15) is 0 Å². The summed E-state index contributed by atoms with van der Waals surface area (Å²) in [5.41, 5.74) is 5.94. The van der Waals surface area contributed by atoms with Crippen molar-refractivity contribution in [1.29, 1.82) is 0 Å². The molecule has 0 spiro atoms. The molecule has 0 aromatic heterocycles. The molecule has 0 amide bonds. The van der Waals surface area contributed by atoms with Crippen molar-refractivity contribution >= 4 is 0 Å². The molecule has 0 atom stereocenters. The van der Waals surface area contributed by atoms with Crippen LogP contribution < -0.4 is 0 Å². The third-order valence-corrected chi connectivity index (χ3v) is 3.55. The van der Waals surface area contributed by atoms with Gasteiger partial charge < -0.3 is 0 Å². The van der Waals surface area contributed by atoms with Crippen LogP contribution >= 0.6 is 0 Å². The van der Waals surface area contributed by atoms with Crippen LogP contribution in [0.4, 0.5) is 0 Å². The highest BCUT2D eigenvalue weighted by Gasteiger charge is 2.31. The summed E-state index contributed by atoms with van der Waals surface area (Å²) in [6.07, 6.45) is 2.47. The van der Waals surface area contributed by atoms with Gasteiger partial charge in [-0.05, 0) is 34.1 Å². The molecule has 0 heterocycles. The van der Waals surface area contributed by atoms with Crippen molar-refractivity contribution in [1.82, 2.24) is 0 Å². The lowest BCUT2D eigenvalue weighted by Crippen LogP contribution is -2.12. The van der Waals surface area contributed by atoms with E-state index in [1.165, 1.54) is 22.3 Å². The highest BCUT2D eigenvalue weighted by molar-refractivity contribution is 5.79. The topological polar surface area (TPSA) is 0 Å². The maximum Gasteiger partial charge on any atom is 0.0138 e. The van der Waals surface area contributed by atoms with Gasteiger partial charge in [0.15, 0.2) is 0 Å². The van der Waals surface area contributed by atoms with Crippen LogP contribution in [0.1, 0.15) is 37.8 Å². The van der Waals surface area contributed by atoms with Crippen LogP contribution in [0.3, 0.4) is 0 Å². The zero-order valence-electron chi connectivity index (χ0n) is 11.3. The molecule has 1 aliphatic rings. The molecule has 91 valence electrons. The Morgan fingerprint density at radius 3 is 1.67 bits per heavy atom. The molecule has 0 aliphatic heterocycles. The second kappa shape index (κ2) is 3.98. The van der Waals surface area contributed by atoms with Gasteiger partial charge in [-0.15, -0.1) is 0 Å². The smallest absolute Gasteiger partial charge is 0.0138 e. The van der Waals surface area contributed by atoms with E-state index in [0.717, 1.165) is 0 Å². The first kappa shape index (κ1) is 11.5. The van der Waals surface area contributed by atoms with E-state index in [9.17, 15) is 0 Å². The highest BCUT2D eigenvalue weighted by atomic mass is 14.3. The minimum Gasteiger partial charge on any atom is -0.0619 e. The maximum absolute atomic E-state index is 2.47. The fourth-order valence-electron chi connectivity index (χ4n) is 2.87. The van der Waals surface area contributed by atoms with Crippen molar-refractivity contribution < 1.29 is 0 Å². The van der Waals surface area contributed by atoms with Crippen LogP contribution in [-0.2, 0) is 0 Å². The van der Waals surface area contributed by atoms with Crippen molar-refractivity contribution in [3.05, 3.63) is 66.1 Å². The Morgan fingerprint density at radius 1 is 0.778 bits per heavy atom. The molecule has 0 nitrogen and oxygen atoms in total. The Kier molecular flexibility index (Phi) is 2.55. The molecule has 0 fully saturated rings. The highest BCUT2D eigenvalue weighted by Crippen LogP contribution is 2.48. The van der Waals surface area contributed by atoms with Crippen LogP contribution in [0.5, 0.6) is 0 Å². The van der Waals surface area contributed by atoms with Gasteiger partial charge in [0.05, 0.1) is 0 Å². The minimum absolute atomic E-state index is 0.231. The van der Waals surface area contributed by atoms with E-state index in [4.69, 9.17) is 0 Å². The predicted molar refractivity (Wildman–Crippen MR) is 77.5 cm³/mol. The Morgan fingerprint density at radius 2 is 1.22 bits per heavy atom. The van der Waals surface area contributed by atoms with E-state index >= 15 is 0 Å². The number of rotatable bonds is 1. The van der Waals surface area contributed by atoms with E-state index < -0.39 is 0 Å². The molecule has 1 radical (unpaired) electrons. The molecular formula is C18H19. The van der Waals surface area contributed by atoms with E-state index in [2.05, 4.69) is 75.7 Å². The van der Waals surface area contributed by atoms with Crippen molar-refractivity contribution in [2.24, 2.45) is 5.41 Å².